The third-order valence-corrected chi connectivity index (χ3v) is 7.38. The van der Waals surface area contributed by atoms with Gasteiger partial charge in [-0.15, -0.1) is 0 Å². The van der Waals surface area contributed by atoms with Crippen LogP contribution in [0, 0.1) is 23.7 Å². The number of carbonyl (C=O) groups is 1. The van der Waals surface area contributed by atoms with Crippen molar-refractivity contribution < 1.29 is 4.79 Å². The van der Waals surface area contributed by atoms with Gasteiger partial charge in [-0.3, -0.25) is 4.79 Å². The van der Waals surface area contributed by atoms with Gasteiger partial charge in [0, 0.05) is 22.3 Å². The van der Waals surface area contributed by atoms with E-state index >= 15 is 0 Å². The summed E-state index contributed by atoms with van der Waals surface area (Å²) >= 11 is 2.20. The predicted octanol–water partition coefficient (Wildman–Crippen LogP) is 4.30. The van der Waals surface area contributed by atoms with E-state index < -0.39 is 0 Å². The highest BCUT2D eigenvalue weighted by Gasteiger charge is 2.47. The highest BCUT2D eigenvalue weighted by atomic mass is 32.2. The maximum absolute atomic E-state index is 12.7. The van der Waals surface area contributed by atoms with Crippen LogP contribution in [-0.4, -0.2) is 16.3 Å². The molecule has 0 N–H and O–H groups in total. The molecule has 0 amide bonds. The van der Waals surface area contributed by atoms with Gasteiger partial charge in [0.15, 0.2) is 0 Å². The average Bonchev–Trinajstić information content (AvgIpc) is 2.38. The lowest BCUT2D eigenvalue weighted by molar-refractivity contribution is -0.129. The fraction of sp³-hybridized carbons (Fsp3) is 0.938. The quantitative estimate of drug-likeness (QED) is 0.704. The minimum atomic E-state index is 0.412. The molecule has 0 bridgehead atoms. The molecule has 1 nitrogen and oxygen atoms in total. The summed E-state index contributed by atoms with van der Waals surface area (Å²) in [6, 6.07) is 0. The van der Waals surface area contributed by atoms with Crippen molar-refractivity contribution in [3.63, 3.8) is 0 Å². The second-order valence-electron chi connectivity index (χ2n) is 6.93. The van der Waals surface area contributed by atoms with Crippen LogP contribution in [0.2, 0.25) is 0 Å². The average molecular weight is 266 g/mol. The third kappa shape index (κ3) is 2.26. The number of thioether (sulfide) groups is 1. The van der Waals surface area contributed by atoms with E-state index in [0.717, 1.165) is 11.8 Å². The van der Waals surface area contributed by atoms with Crippen molar-refractivity contribution in [3.8, 4) is 0 Å². The van der Waals surface area contributed by atoms with Crippen LogP contribution in [0.5, 0.6) is 0 Å². The first-order valence-electron chi connectivity index (χ1n) is 7.86. The van der Waals surface area contributed by atoms with Crippen molar-refractivity contribution in [2.75, 3.05) is 0 Å². The summed E-state index contributed by atoms with van der Waals surface area (Å²) in [6.45, 7) is 4.66. The Labute approximate surface area is 115 Å². The maximum atomic E-state index is 12.7. The zero-order chi connectivity index (χ0) is 12.7. The van der Waals surface area contributed by atoms with E-state index in [2.05, 4.69) is 25.6 Å². The van der Waals surface area contributed by atoms with Gasteiger partial charge in [-0.2, -0.15) is 11.8 Å². The van der Waals surface area contributed by atoms with Gasteiger partial charge in [0.05, 0.1) is 0 Å². The minimum absolute atomic E-state index is 0.412. The fourth-order valence-corrected chi connectivity index (χ4v) is 6.25. The second-order valence-corrected chi connectivity index (χ2v) is 8.41. The molecule has 0 aromatic carbocycles. The first kappa shape index (κ1) is 13.0. The highest BCUT2D eigenvalue weighted by Crippen LogP contribution is 2.50. The van der Waals surface area contributed by atoms with Crippen molar-refractivity contribution in [3.05, 3.63) is 0 Å². The van der Waals surface area contributed by atoms with Crippen LogP contribution in [0.4, 0.5) is 0 Å². The molecule has 0 aromatic rings. The highest BCUT2D eigenvalue weighted by molar-refractivity contribution is 8.00. The Kier molecular flexibility index (Phi) is 3.75. The molecule has 3 rings (SSSR count). The van der Waals surface area contributed by atoms with Gasteiger partial charge >= 0.3 is 0 Å². The summed E-state index contributed by atoms with van der Waals surface area (Å²) < 4.78 is 0. The first-order valence-corrected chi connectivity index (χ1v) is 8.80. The van der Waals surface area contributed by atoms with Gasteiger partial charge in [0.25, 0.3) is 0 Å². The molecule has 5 atom stereocenters. The number of carbonyl (C=O) groups excluding carboxylic acids is 1. The monoisotopic (exact) mass is 266 g/mol. The summed E-state index contributed by atoms with van der Waals surface area (Å²) in [7, 11) is 0. The molecule has 0 spiro atoms. The molecule has 18 heavy (non-hydrogen) atoms. The van der Waals surface area contributed by atoms with Crippen LogP contribution in [0.3, 0.4) is 0 Å². The van der Waals surface area contributed by atoms with E-state index in [-0.39, 0.29) is 0 Å². The van der Waals surface area contributed by atoms with Gasteiger partial charge in [-0.1, -0.05) is 26.7 Å². The lowest BCUT2D eigenvalue weighted by atomic mass is 9.70. The molecule has 102 valence electrons. The summed E-state index contributed by atoms with van der Waals surface area (Å²) in [5.74, 6) is 3.06. The van der Waals surface area contributed by atoms with E-state index in [1.54, 1.807) is 0 Å². The van der Waals surface area contributed by atoms with Crippen LogP contribution < -0.4 is 0 Å². The first-order chi connectivity index (χ1) is 8.66. The summed E-state index contributed by atoms with van der Waals surface area (Å²) in [5.41, 5.74) is 0. The van der Waals surface area contributed by atoms with Crippen molar-refractivity contribution in [2.24, 2.45) is 23.7 Å². The Bertz CT molecular complexity index is 325. The lowest BCUT2D eigenvalue weighted by Gasteiger charge is -2.46. The van der Waals surface area contributed by atoms with E-state index in [0.29, 0.717) is 28.1 Å². The van der Waals surface area contributed by atoms with E-state index in [4.69, 9.17) is 0 Å². The van der Waals surface area contributed by atoms with Gasteiger partial charge in [-0.25, -0.2) is 0 Å². The summed E-state index contributed by atoms with van der Waals surface area (Å²) in [5, 5.41) is 1.36. The zero-order valence-electron chi connectivity index (χ0n) is 11.7. The lowest BCUT2D eigenvalue weighted by Crippen LogP contribution is -2.47. The number of ketones is 1. The minimum Gasteiger partial charge on any atom is -0.299 e. The molecule has 3 aliphatic rings. The Balaban J connectivity index is 1.74. The van der Waals surface area contributed by atoms with Crippen molar-refractivity contribution in [2.45, 2.75) is 69.3 Å². The SMILES string of the molecule is CC(C)C1CCC2SC3CCCCC3C(=O)C2C1. The number of fused-ring (bicyclic) bond motifs is 2. The van der Waals surface area contributed by atoms with Crippen LogP contribution in [0.15, 0.2) is 0 Å². The molecule has 2 heteroatoms. The maximum Gasteiger partial charge on any atom is 0.141 e. The van der Waals surface area contributed by atoms with Crippen molar-refractivity contribution in [1.29, 1.82) is 0 Å². The van der Waals surface area contributed by atoms with E-state index in [1.807, 2.05) is 0 Å². The second kappa shape index (κ2) is 5.19. The summed E-state index contributed by atoms with van der Waals surface area (Å²) in [6.07, 6.45) is 8.98. The van der Waals surface area contributed by atoms with Crippen LogP contribution in [-0.2, 0) is 4.79 Å². The molecule has 2 aliphatic carbocycles. The molecule has 3 fully saturated rings. The standard InChI is InChI=1S/C16H26OS/c1-10(2)11-7-8-15-13(9-11)16(17)12-5-3-4-6-14(12)18-15/h10-15H,3-9H2,1-2H3. The van der Waals surface area contributed by atoms with E-state index in [9.17, 15) is 4.79 Å². The molecule has 1 heterocycles. The molecule has 1 saturated heterocycles. The summed E-state index contributed by atoms with van der Waals surface area (Å²) in [4.78, 5) is 12.7. The van der Waals surface area contributed by atoms with Crippen LogP contribution >= 0.6 is 11.8 Å². The van der Waals surface area contributed by atoms with Crippen molar-refractivity contribution >= 4 is 17.5 Å². The molecular weight excluding hydrogens is 240 g/mol. The third-order valence-electron chi connectivity index (χ3n) is 5.55. The van der Waals surface area contributed by atoms with Gasteiger partial charge < -0.3 is 0 Å². The molecule has 0 aromatic heterocycles. The number of hydrogen-bond donors (Lipinski definition) is 0. The Morgan fingerprint density at radius 1 is 1.00 bits per heavy atom. The normalized spacial score (nSPS) is 44.6. The fourth-order valence-electron chi connectivity index (χ4n) is 4.33. The molecule has 5 unspecified atom stereocenters. The smallest absolute Gasteiger partial charge is 0.141 e. The number of Topliss-reactive ketones (excluding diaryl/α,β-unsaturated/α-hetero) is 1. The van der Waals surface area contributed by atoms with Gasteiger partial charge in [0.1, 0.15) is 5.78 Å². The zero-order valence-corrected chi connectivity index (χ0v) is 12.5. The van der Waals surface area contributed by atoms with E-state index in [1.165, 1.54) is 44.9 Å². The Hall–Kier alpha value is 0.0200. The molecular formula is C16H26OS. The topological polar surface area (TPSA) is 17.1 Å². The van der Waals surface area contributed by atoms with Crippen LogP contribution in [0.25, 0.3) is 0 Å². The Morgan fingerprint density at radius 3 is 2.50 bits per heavy atom. The van der Waals surface area contributed by atoms with Gasteiger partial charge in [-0.05, 0) is 43.9 Å². The molecule has 0 radical (unpaired) electrons. The Morgan fingerprint density at radius 2 is 1.72 bits per heavy atom. The number of hydrogen-bond acceptors (Lipinski definition) is 2. The van der Waals surface area contributed by atoms with Gasteiger partial charge in [0.2, 0.25) is 0 Å². The molecule has 2 saturated carbocycles. The van der Waals surface area contributed by atoms with Crippen molar-refractivity contribution in [1.82, 2.24) is 0 Å². The predicted molar refractivity (Wildman–Crippen MR) is 77.8 cm³/mol. The largest absolute Gasteiger partial charge is 0.299 e. The number of rotatable bonds is 1. The van der Waals surface area contributed by atoms with Crippen LogP contribution in [0.1, 0.15) is 58.8 Å². The molecule has 1 aliphatic heterocycles.